The van der Waals surface area contributed by atoms with Gasteiger partial charge in [0.05, 0.1) is 17.6 Å². The molecule has 0 bridgehead atoms. The maximum Gasteiger partial charge on any atom is 0.338 e. The van der Waals surface area contributed by atoms with E-state index in [9.17, 15) is 24.5 Å². The average Bonchev–Trinajstić information content (AvgIpc) is 2.58. The zero-order valence-corrected chi connectivity index (χ0v) is 16.1. The number of nitro groups is 1. The summed E-state index contributed by atoms with van der Waals surface area (Å²) in [4.78, 5) is 47.6. The normalized spacial score (nSPS) is 10.9. The van der Waals surface area contributed by atoms with Gasteiger partial charge >= 0.3 is 11.9 Å². The van der Waals surface area contributed by atoms with Crippen molar-refractivity contribution in [2.24, 2.45) is 0 Å². The summed E-state index contributed by atoms with van der Waals surface area (Å²) in [5, 5.41) is 11.0. The van der Waals surface area contributed by atoms with Crippen molar-refractivity contribution >= 4 is 23.5 Å². The number of esters is 2. The summed E-state index contributed by atoms with van der Waals surface area (Å²) in [6.07, 6.45) is 0.507. The van der Waals surface area contributed by atoms with E-state index in [1.807, 2.05) is 0 Å². The molecular formula is C18H24N2O7. The summed E-state index contributed by atoms with van der Waals surface area (Å²) in [7, 11) is 2.65. The minimum atomic E-state index is -0.777. The summed E-state index contributed by atoms with van der Waals surface area (Å²) in [5.74, 6) is -1.65. The number of carbonyl (C=O) groups is 3. The van der Waals surface area contributed by atoms with E-state index in [1.165, 1.54) is 18.0 Å². The van der Waals surface area contributed by atoms with Crippen LogP contribution in [0.3, 0.4) is 0 Å². The van der Waals surface area contributed by atoms with Gasteiger partial charge in [-0.3, -0.25) is 19.7 Å². The Morgan fingerprint density at radius 1 is 1.15 bits per heavy atom. The molecule has 0 aliphatic heterocycles. The Bertz CT molecular complexity index is 738. The van der Waals surface area contributed by atoms with E-state index in [4.69, 9.17) is 4.74 Å². The van der Waals surface area contributed by atoms with Gasteiger partial charge in [-0.05, 0) is 33.3 Å². The lowest BCUT2D eigenvalue weighted by Crippen LogP contribution is -2.29. The van der Waals surface area contributed by atoms with Gasteiger partial charge in [0, 0.05) is 37.7 Å². The number of carbonyl (C=O) groups excluding carboxylic acids is 3. The molecule has 0 saturated carbocycles. The van der Waals surface area contributed by atoms with Gasteiger partial charge < -0.3 is 14.4 Å². The monoisotopic (exact) mass is 380 g/mol. The predicted octanol–water partition coefficient (Wildman–Crippen LogP) is 2.58. The molecule has 0 N–H and O–H groups in total. The second-order valence-corrected chi connectivity index (χ2v) is 6.93. The maximum absolute atomic E-state index is 12.5. The number of benzene rings is 1. The molecule has 1 rings (SSSR count). The van der Waals surface area contributed by atoms with Gasteiger partial charge in [0.15, 0.2) is 0 Å². The fourth-order valence-corrected chi connectivity index (χ4v) is 2.25. The number of nitro benzene ring substituents is 1. The van der Waals surface area contributed by atoms with Gasteiger partial charge in [0.2, 0.25) is 0 Å². The minimum Gasteiger partial charge on any atom is -0.465 e. The zero-order chi connectivity index (χ0) is 20.8. The van der Waals surface area contributed by atoms with E-state index >= 15 is 0 Å². The highest BCUT2D eigenvalue weighted by Crippen LogP contribution is 2.19. The van der Waals surface area contributed by atoms with Crippen LogP contribution in [0.2, 0.25) is 0 Å². The van der Waals surface area contributed by atoms with E-state index in [-0.39, 0.29) is 35.7 Å². The summed E-state index contributed by atoms with van der Waals surface area (Å²) in [5.41, 5.74) is -1.06. The van der Waals surface area contributed by atoms with E-state index in [2.05, 4.69) is 4.74 Å². The van der Waals surface area contributed by atoms with Crippen molar-refractivity contribution in [3.05, 3.63) is 39.4 Å². The summed E-state index contributed by atoms with van der Waals surface area (Å²) >= 11 is 0. The van der Waals surface area contributed by atoms with Crippen LogP contribution in [0.1, 0.15) is 54.3 Å². The van der Waals surface area contributed by atoms with Crippen LogP contribution < -0.4 is 0 Å². The average molecular weight is 380 g/mol. The quantitative estimate of drug-likeness (QED) is 0.405. The lowest BCUT2D eigenvalue weighted by Gasteiger charge is -2.20. The number of methoxy groups -OCH3 is 1. The molecular weight excluding hydrogens is 356 g/mol. The van der Waals surface area contributed by atoms with Crippen molar-refractivity contribution in [2.45, 2.75) is 39.2 Å². The Kier molecular flexibility index (Phi) is 7.45. The van der Waals surface area contributed by atoms with Gasteiger partial charge in [-0.1, -0.05) is 0 Å². The molecule has 0 aliphatic carbocycles. The SMILES string of the molecule is COC(=O)c1cc(C(=O)N(C)CCCC(=O)OC(C)(C)C)cc([N+](=O)[O-])c1. The topological polar surface area (TPSA) is 116 Å². The smallest absolute Gasteiger partial charge is 0.338 e. The van der Waals surface area contributed by atoms with E-state index in [0.717, 1.165) is 19.2 Å². The first-order valence-corrected chi connectivity index (χ1v) is 8.29. The van der Waals surface area contributed by atoms with Gasteiger partial charge in [0.25, 0.3) is 11.6 Å². The van der Waals surface area contributed by atoms with Gasteiger partial charge in [-0.25, -0.2) is 4.79 Å². The molecule has 27 heavy (non-hydrogen) atoms. The van der Waals surface area contributed by atoms with Gasteiger partial charge in [-0.2, -0.15) is 0 Å². The van der Waals surface area contributed by atoms with Crippen LogP contribution in [0.4, 0.5) is 5.69 Å². The van der Waals surface area contributed by atoms with Crippen LogP contribution in [-0.4, -0.2) is 54.0 Å². The number of rotatable bonds is 7. The van der Waals surface area contributed by atoms with Crippen LogP contribution in [0.15, 0.2) is 18.2 Å². The summed E-state index contributed by atoms with van der Waals surface area (Å²) < 4.78 is 9.75. The van der Waals surface area contributed by atoms with Crippen LogP contribution in [0.5, 0.6) is 0 Å². The second-order valence-electron chi connectivity index (χ2n) is 6.93. The van der Waals surface area contributed by atoms with Gasteiger partial charge in [0.1, 0.15) is 5.60 Å². The molecule has 1 aromatic rings. The Morgan fingerprint density at radius 3 is 2.26 bits per heavy atom. The molecule has 0 radical (unpaired) electrons. The fourth-order valence-electron chi connectivity index (χ4n) is 2.25. The van der Waals surface area contributed by atoms with Crippen molar-refractivity contribution in [3.8, 4) is 0 Å². The van der Waals surface area contributed by atoms with Crippen LogP contribution in [0.25, 0.3) is 0 Å². The van der Waals surface area contributed by atoms with E-state index in [0.29, 0.717) is 6.42 Å². The van der Waals surface area contributed by atoms with Crippen molar-refractivity contribution < 1.29 is 28.8 Å². The molecule has 0 aliphatic rings. The Morgan fingerprint density at radius 2 is 1.74 bits per heavy atom. The number of nitrogens with zero attached hydrogens (tertiary/aromatic N) is 2. The number of hydrogen-bond acceptors (Lipinski definition) is 7. The van der Waals surface area contributed by atoms with Crippen molar-refractivity contribution in [2.75, 3.05) is 20.7 Å². The highest BCUT2D eigenvalue weighted by molar-refractivity contribution is 5.98. The highest BCUT2D eigenvalue weighted by atomic mass is 16.6. The molecule has 0 aromatic heterocycles. The molecule has 148 valence electrons. The van der Waals surface area contributed by atoms with E-state index < -0.39 is 22.4 Å². The molecule has 1 aromatic carbocycles. The number of non-ortho nitro benzene ring substituents is 1. The molecule has 0 atom stereocenters. The first-order chi connectivity index (χ1) is 12.4. The highest BCUT2D eigenvalue weighted by Gasteiger charge is 2.21. The first-order valence-electron chi connectivity index (χ1n) is 8.29. The third kappa shape index (κ3) is 7.04. The van der Waals surface area contributed by atoms with E-state index in [1.54, 1.807) is 20.8 Å². The molecule has 0 spiro atoms. The first kappa shape index (κ1) is 22.1. The van der Waals surface area contributed by atoms with Crippen molar-refractivity contribution in [1.82, 2.24) is 4.90 Å². The number of amides is 1. The second kappa shape index (κ2) is 9.11. The molecule has 9 heteroatoms. The Labute approximate surface area is 157 Å². The fraction of sp³-hybridized carbons (Fsp3) is 0.500. The van der Waals surface area contributed by atoms with Crippen LogP contribution in [0, 0.1) is 10.1 Å². The molecule has 0 saturated heterocycles. The summed E-state index contributed by atoms with van der Waals surface area (Å²) in [6, 6.07) is 3.38. The minimum absolute atomic E-state index is 0.00984. The number of ether oxygens (including phenoxy) is 2. The van der Waals surface area contributed by atoms with Crippen LogP contribution >= 0.6 is 0 Å². The molecule has 0 heterocycles. The predicted molar refractivity (Wildman–Crippen MR) is 96.5 cm³/mol. The molecule has 1 amide bonds. The largest absolute Gasteiger partial charge is 0.465 e. The third-order valence-corrected chi connectivity index (χ3v) is 3.44. The van der Waals surface area contributed by atoms with Crippen LogP contribution in [-0.2, 0) is 14.3 Å². The lowest BCUT2D eigenvalue weighted by molar-refractivity contribution is -0.384. The standard InChI is InChI=1S/C18H24N2O7/c1-18(2,3)27-15(21)7-6-8-19(4)16(22)12-9-13(17(23)26-5)11-14(10-12)20(24)25/h9-11H,6-8H2,1-5H3. The Balaban J connectivity index is 2.82. The molecule has 9 nitrogen and oxygen atoms in total. The van der Waals surface area contributed by atoms with Crippen molar-refractivity contribution in [1.29, 1.82) is 0 Å². The van der Waals surface area contributed by atoms with Gasteiger partial charge in [-0.15, -0.1) is 0 Å². The molecule has 0 unspecified atom stereocenters. The number of hydrogen-bond donors (Lipinski definition) is 0. The molecule has 0 fully saturated rings. The lowest BCUT2D eigenvalue weighted by atomic mass is 10.1. The zero-order valence-electron chi connectivity index (χ0n) is 16.1. The Hall–Kier alpha value is -2.97. The maximum atomic E-state index is 12.5. The third-order valence-electron chi connectivity index (χ3n) is 3.44. The van der Waals surface area contributed by atoms with Crippen molar-refractivity contribution in [3.63, 3.8) is 0 Å². The summed E-state index contributed by atoms with van der Waals surface area (Å²) in [6.45, 7) is 5.54.